The predicted molar refractivity (Wildman–Crippen MR) is 62.0 cm³/mol. The maximum Gasteiger partial charge on any atom is 0.269 e. The summed E-state index contributed by atoms with van der Waals surface area (Å²) in [6.07, 6.45) is 2.43. The lowest BCUT2D eigenvalue weighted by molar-refractivity contribution is -0.384. The van der Waals surface area contributed by atoms with Crippen LogP contribution in [0.15, 0.2) is 18.2 Å². The zero-order valence-corrected chi connectivity index (χ0v) is 9.22. The van der Waals surface area contributed by atoms with Gasteiger partial charge in [0.25, 0.3) is 5.69 Å². The van der Waals surface area contributed by atoms with Crippen molar-refractivity contribution in [2.45, 2.75) is 25.4 Å². The van der Waals surface area contributed by atoms with E-state index in [9.17, 15) is 10.1 Å². The molecule has 0 heterocycles. The van der Waals surface area contributed by atoms with Crippen LogP contribution in [-0.2, 0) is 6.54 Å². The number of hydrogen-bond acceptors (Lipinski definition) is 4. The lowest BCUT2D eigenvalue weighted by Crippen LogP contribution is -2.20. The number of nitrogens with two attached hydrogens (primary N) is 1. The molecule has 2 rings (SSSR count). The van der Waals surface area contributed by atoms with E-state index in [1.54, 1.807) is 12.1 Å². The number of nitro benzene ring substituents is 1. The van der Waals surface area contributed by atoms with Crippen LogP contribution in [0.25, 0.3) is 0 Å². The van der Waals surface area contributed by atoms with Gasteiger partial charge in [0.1, 0.15) is 0 Å². The second-order valence-electron chi connectivity index (χ2n) is 4.29. The highest BCUT2D eigenvalue weighted by atomic mass is 16.6. The number of non-ortho nitro benzene ring substituents is 1. The highest BCUT2D eigenvalue weighted by molar-refractivity contribution is 5.52. The fraction of sp³-hybridized carbons (Fsp3) is 0.455. The third-order valence-corrected chi connectivity index (χ3v) is 2.93. The van der Waals surface area contributed by atoms with E-state index in [1.165, 1.54) is 18.9 Å². The van der Waals surface area contributed by atoms with Crippen LogP contribution >= 0.6 is 0 Å². The van der Waals surface area contributed by atoms with Crippen molar-refractivity contribution in [3.05, 3.63) is 33.9 Å². The van der Waals surface area contributed by atoms with Crippen LogP contribution in [0.5, 0.6) is 0 Å². The summed E-state index contributed by atoms with van der Waals surface area (Å²) in [5, 5.41) is 10.6. The van der Waals surface area contributed by atoms with E-state index < -0.39 is 0 Å². The van der Waals surface area contributed by atoms with E-state index in [-0.39, 0.29) is 10.6 Å². The normalized spacial score (nSPS) is 15.4. The topological polar surface area (TPSA) is 72.4 Å². The van der Waals surface area contributed by atoms with Crippen LogP contribution in [-0.4, -0.2) is 22.9 Å². The van der Waals surface area contributed by atoms with E-state index in [4.69, 9.17) is 5.73 Å². The van der Waals surface area contributed by atoms with E-state index in [1.807, 2.05) is 7.05 Å². The molecule has 0 amide bonds. The van der Waals surface area contributed by atoms with Crippen LogP contribution in [0.4, 0.5) is 11.4 Å². The molecule has 1 aliphatic rings. The Morgan fingerprint density at radius 3 is 2.81 bits per heavy atom. The van der Waals surface area contributed by atoms with Crippen molar-refractivity contribution in [2.24, 2.45) is 0 Å². The summed E-state index contributed by atoms with van der Waals surface area (Å²) in [5.41, 5.74) is 7.37. The van der Waals surface area contributed by atoms with Crippen LogP contribution in [0.1, 0.15) is 18.4 Å². The maximum atomic E-state index is 10.6. The lowest BCUT2D eigenvalue weighted by Gasteiger charge is -2.16. The molecule has 0 saturated heterocycles. The third kappa shape index (κ3) is 2.30. The Balaban J connectivity index is 2.17. The zero-order valence-electron chi connectivity index (χ0n) is 9.22. The van der Waals surface area contributed by atoms with Gasteiger partial charge < -0.3 is 5.73 Å². The minimum Gasteiger partial charge on any atom is -0.398 e. The Bertz CT molecular complexity index is 416. The van der Waals surface area contributed by atoms with Gasteiger partial charge in [-0.25, -0.2) is 0 Å². The van der Waals surface area contributed by atoms with Gasteiger partial charge >= 0.3 is 0 Å². The summed E-state index contributed by atoms with van der Waals surface area (Å²) in [7, 11) is 2.02. The van der Waals surface area contributed by atoms with Crippen LogP contribution in [0, 0.1) is 10.1 Å². The smallest absolute Gasteiger partial charge is 0.269 e. The van der Waals surface area contributed by atoms with Crippen molar-refractivity contribution in [2.75, 3.05) is 12.8 Å². The summed E-state index contributed by atoms with van der Waals surface area (Å²) in [5.74, 6) is 0. The van der Waals surface area contributed by atoms with E-state index in [2.05, 4.69) is 4.90 Å². The van der Waals surface area contributed by atoms with Gasteiger partial charge in [-0.1, -0.05) is 0 Å². The molecule has 0 radical (unpaired) electrons. The van der Waals surface area contributed by atoms with Crippen LogP contribution in [0.2, 0.25) is 0 Å². The predicted octanol–water partition coefficient (Wildman–Crippen LogP) is 1.77. The molecule has 1 saturated carbocycles. The molecule has 0 aliphatic heterocycles. The average molecular weight is 221 g/mol. The van der Waals surface area contributed by atoms with Gasteiger partial charge in [-0.2, -0.15) is 0 Å². The van der Waals surface area contributed by atoms with Crippen molar-refractivity contribution in [1.29, 1.82) is 0 Å². The zero-order chi connectivity index (χ0) is 11.7. The van der Waals surface area contributed by atoms with Crippen molar-refractivity contribution in [3.63, 3.8) is 0 Å². The van der Waals surface area contributed by atoms with Crippen molar-refractivity contribution in [3.8, 4) is 0 Å². The standard InChI is InChI=1S/C11H15N3O2/c1-13(9-2-3-9)7-8-6-10(14(15)16)4-5-11(8)12/h4-6,9H,2-3,7,12H2,1H3. The average Bonchev–Trinajstić information content (AvgIpc) is 3.04. The van der Waals surface area contributed by atoms with Crippen LogP contribution < -0.4 is 5.73 Å². The number of anilines is 1. The maximum absolute atomic E-state index is 10.6. The highest BCUT2D eigenvalue weighted by Crippen LogP contribution is 2.28. The minimum absolute atomic E-state index is 0.105. The first-order valence-electron chi connectivity index (χ1n) is 5.31. The summed E-state index contributed by atoms with van der Waals surface area (Å²) < 4.78 is 0. The molecule has 1 aromatic carbocycles. The largest absolute Gasteiger partial charge is 0.398 e. The molecule has 0 spiro atoms. The number of nitrogens with zero attached hydrogens (tertiary/aromatic N) is 2. The monoisotopic (exact) mass is 221 g/mol. The van der Waals surface area contributed by atoms with Gasteiger partial charge in [-0.15, -0.1) is 0 Å². The molecule has 0 aromatic heterocycles. The molecular weight excluding hydrogens is 206 g/mol. The van der Waals surface area contributed by atoms with E-state index in [0.717, 1.165) is 5.56 Å². The van der Waals surface area contributed by atoms with Gasteiger partial charge in [0.05, 0.1) is 4.92 Å². The lowest BCUT2D eigenvalue weighted by atomic mass is 10.1. The molecule has 1 aromatic rings. The molecule has 5 nitrogen and oxygen atoms in total. The third-order valence-electron chi connectivity index (χ3n) is 2.93. The van der Waals surface area contributed by atoms with Crippen molar-refractivity contribution < 1.29 is 4.92 Å². The Kier molecular flexibility index (Phi) is 2.78. The van der Waals surface area contributed by atoms with Gasteiger partial charge in [0, 0.05) is 30.4 Å². The molecule has 86 valence electrons. The first-order valence-corrected chi connectivity index (χ1v) is 5.31. The number of rotatable bonds is 4. The first-order chi connectivity index (χ1) is 7.58. The van der Waals surface area contributed by atoms with Gasteiger partial charge in [0.2, 0.25) is 0 Å². The fourth-order valence-corrected chi connectivity index (χ4v) is 1.76. The summed E-state index contributed by atoms with van der Waals surface area (Å²) in [6.45, 7) is 0.679. The summed E-state index contributed by atoms with van der Waals surface area (Å²) in [6, 6.07) is 5.23. The molecule has 1 aliphatic carbocycles. The van der Waals surface area contributed by atoms with Gasteiger partial charge in [-0.3, -0.25) is 15.0 Å². The quantitative estimate of drug-likeness (QED) is 0.478. The van der Waals surface area contributed by atoms with Crippen LogP contribution in [0.3, 0.4) is 0 Å². The molecule has 0 unspecified atom stereocenters. The Morgan fingerprint density at radius 1 is 1.56 bits per heavy atom. The van der Waals surface area contributed by atoms with Gasteiger partial charge in [0.15, 0.2) is 0 Å². The Labute approximate surface area is 94.0 Å². The summed E-state index contributed by atoms with van der Waals surface area (Å²) >= 11 is 0. The second-order valence-corrected chi connectivity index (χ2v) is 4.29. The minimum atomic E-state index is -0.389. The molecule has 0 atom stereocenters. The SMILES string of the molecule is CN(Cc1cc([N+](=O)[O-])ccc1N)C1CC1. The molecule has 16 heavy (non-hydrogen) atoms. The van der Waals surface area contributed by atoms with Crippen molar-refractivity contribution >= 4 is 11.4 Å². The van der Waals surface area contributed by atoms with Crippen molar-refractivity contribution in [1.82, 2.24) is 4.90 Å². The molecule has 1 fully saturated rings. The molecule has 0 bridgehead atoms. The number of nitro groups is 1. The molecule has 2 N–H and O–H groups in total. The fourth-order valence-electron chi connectivity index (χ4n) is 1.76. The van der Waals surface area contributed by atoms with E-state index in [0.29, 0.717) is 18.3 Å². The highest BCUT2D eigenvalue weighted by Gasteiger charge is 2.26. The molecule has 5 heteroatoms. The Hall–Kier alpha value is -1.62. The number of benzene rings is 1. The Morgan fingerprint density at radius 2 is 2.25 bits per heavy atom. The summed E-state index contributed by atoms with van der Waals surface area (Å²) in [4.78, 5) is 12.4. The van der Waals surface area contributed by atoms with Gasteiger partial charge in [-0.05, 0) is 31.5 Å². The second kappa shape index (κ2) is 4.09. The number of nitrogen functional groups attached to an aromatic ring is 1. The van der Waals surface area contributed by atoms with E-state index >= 15 is 0 Å². The first kappa shape index (κ1) is 10.9. The molecular formula is C11H15N3O2. The number of hydrogen-bond donors (Lipinski definition) is 1.